The fourth-order valence-electron chi connectivity index (χ4n) is 3.23. The summed E-state index contributed by atoms with van der Waals surface area (Å²) >= 11 is 0. The molecule has 0 spiro atoms. The van der Waals surface area contributed by atoms with Gasteiger partial charge in [-0.05, 0) is 37.8 Å². The highest BCUT2D eigenvalue weighted by molar-refractivity contribution is 5.64. The number of carbonyl (C=O) groups is 1. The molecule has 0 amide bonds. The number of benzene rings is 1. The van der Waals surface area contributed by atoms with Crippen LogP contribution in [0.5, 0.6) is 0 Å². The summed E-state index contributed by atoms with van der Waals surface area (Å²) in [5.74, 6) is 0. The van der Waals surface area contributed by atoms with E-state index in [0.29, 0.717) is 13.2 Å². The van der Waals surface area contributed by atoms with Gasteiger partial charge in [-0.25, -0.2) is 0 Å². The first-order valence-corrected chi connectivity index (χ1v) is 7.11. The van der Waals surface area contributed by atoms with Crippen molar-refractivity contribution in [2.75, 3.05) is 31.2 Å². The zero-order valence-corrected chi connectivity index (χ0v) is 11.5. The third-order valence-corrected chi connectivity index (χ3v) is 4.34. The zero-order valence-electron chi connectivity index (χ0n) is 11.5. The van der Waals surface area contributed by atoms with Crippen LogP contribution >= 0.6 is 0 Å². The van der Waals surface area contributed by atoms with Gasteiger partial charge in [-0.15, -0.1) is 0 Å². The SMILES string of the molecule is Cc1ccc2c(c1)CCCN2CC1(C=O)CCOC1. The minimum Gasteiger partial charge on any atom is -0.380 e. The molecule has 1 aromatic carbocycles. The molecule has 1 atom stereocenters. The maximum Gasteiger partial charge on any atom is 0.130 e. The number of carbonyl (C=O) groups excluding carboxylic acids is 1. The van der Waals surface area contributed by atoms with E-state index in [-0.39, 0.29) is 5.41 Å². The van der Waals surface area contributed by atoms with Gasteiger partial charge in [0, 0.05) is 25.4 Å². The standard InChI is InChI=1S/C16H21NO2/c1-13-4-5-15-14(9-13)3-2-7-17(15)10-16(11-18)6-8-19-12-16/h4-5,9,11H,2-3,6-8,10,12H2,1H3. The molecular formula is C16H21NO2. The van der Waals surface area contributed by atoms with Crippen molar-refractivity contribution in [2.45, 2.75) is 26.2 Å². The lowest BCUT2D eigenvalue weighted by Gasteiger charge is -2.36. The molecular weight excluding hydrogens is 238 g/mol. The van der Waals surface area contributed by atoms with Gasteiger partial charge in [0.1, 0.15) is 6.29 Å². The van der Waals surface area contributed by atoms with Crippen LogP contribution in [0.15, 0.2) is 18.2 Å². The molecule has 1 saturated heterocycles. The van der Waals surface area contributed by atoms with E-state index in [1.54, 1.807) is 0 Å². The average molecular weight is 259 g/mol. The fourth-order valence-corrected chi connectivity index (χ4v) is 3.23. The molecule has 2 heterocycles. The van der Waals surface area contributed by atoms with Crippen LogP contribution in [0.3, 0.4) is 0 Å². The van der Waals surface area contributed by atoms with Crippen LogP contribution < -0.4 is 4.90 Å². The molecule has 2 aliphatic heterocycles. The smallest absolute Gasteiger partial charge is 0.130 e. The molecule has 0 aromatic heterocycles. The molecule has 0 N–H and O–H groups in total. The molecule has 3 nitrogen and oxygen atoms in total. The molecule has 0 aliphatic carbocycles. The quantitative estimate of drug-likeness (QED) is 0.780. The Morgan fingerprint density at radius 2 is 2.37 bits per heavy atom. The normalized spacial score (nSPS) is 26.3. The predicted molar refractivity (Wildman–Crippen MR) is 75.6 cm³/mol. The Labute approximate surface area is 114 Å². The topological polar surface area (TPSA) is 29.5 Å². The number of hydrogen-bond acceptors (Lipinski definition) is 3. The Morgan fingerprint density at radius 1 is 1.47 bits per heavy atom. The molecule has 3 heteroatoms. The fraction of sp³-hybridized carbons (Fsp3) is 0.562. The minimum atomic E-state index is -0.292. The highest BCUT2D eigenvalue weighted by Crippen LogP contribution is 2.33. The molecule has 3 rings (SSSR count). The Kier molecular flexibility index (Phi) is 3.31. The van der Waals surface area contributed by atoms with Crippen molar-refractivity contribution in [1.29, 1.82) is 0 Å². The van der Waals surface area contributed by atoms with Crippen molar-refractivity contribution in [3.05, 3.63) is 29.3 Å². The lowest BCUT2D eigenvalue weighted by molar-refractivity contribution is -0.115. The third-order valence-electron chi connectivity index (χ3n) is 4.34. The molecule has 102 valence electrons. The van der Waals surface area contributed by atoms with E-state index in [1.807, 2.05) is 0 Å². The second kappa shape index (κ2) is 4.97. The van der Waals surface area contributed by atoms with Crippen LogP contribution in [0, 0.1) is 12.3 Å². The Balaban J connectivity index is 1.85. The lowest BCUT2D eigenvalue weighted by atomic mass is 9.87. The highest BCUT2D eigenvalue weighted by atomic mass is 16.5. The average Bonchev–Trinajstić information content (AvgIpc) is 2.88. The number of aldehydes is 1. The number of anilines is 1. The van der Waals surface area contributed by atoms with Gasteiger partial charge in [0.2, 0.25) is 0 Å². The zero-order chi connectivity index (χ0) is 13.3. The number of hydrogen-bond donors (Lipinski definition) is 0. The van der Waals surface area contributed by atoms with E-state index in [0.717, 1.165) is 32.2 Å². The first-order chi connectivity index (χ1) is 9.22. The summed E-state index contributed by atoms with van der Waals surface area (Å²) in [5, 5.41) is 0. The van der Waals surface area contributed by atoms with Crippen LogP contribution in [0.25, 0.3) is 0 Å². The van der Waals surface area contributed by atoms with Gasteiger partial charge in [0.05, 0.1) is 12.0 Å². The minimum absolute atomic E-state index is 0.292. The van der Waals surface area contributed by atoms with Gasteiger partial charge in [0.15, 0.2) is 0 Å². The molecule has 1 fully saturated rings. The van der Waals surface area contributed by atoms with Crippen LogP contribution in [-0.2, 0) is 16.0 Å². The van der Waals surface area contributed by atoms with Crippen molar-refractivity contribution in [3.63, 3.8) is 0 Å². The molecule has 1 aromatic rings. The number of nitrogens with zero attached hydrogens (tertiary/aromatic N) is 1. The Hall–Kier alpha value is -1.35. The maximum absolute atomic E-state index is 11.5. The van der Waals surface area contributed by atoms with Gasteiger partial charge >= 0.3 is 0 Å². The van der Waals surface area contributed by atoms with E-state index in [4.69, 9.17) is 4.74 Å². The molecule has 0 saturated carbocycles. The van der Waals surface area contributed by atoms with Gasteiger partial charge in [-0.3, -0.25) is 0 Å². The van der Waals surface area contributed by atoms with Gasteiger partial charge < -0.3 is 14.4 Å². The van der Waals surface area contributed by atoms with E-state index < -0.39 is 0 Å². The summed E-state index contributed by atoms with van der Waals surface area (Å²) < 4.78 is 5.44. The molecule has 0 radical (unpaired) electrons. The second-order valence-corrected chi connectivity index (χ2v) is 5.94. The summed E-state index contributed by atoms with van der Waals surface area (Å²) in [7, 11) is 0. The number of ether oxygens (including phenoxy) is 1. The van der Waals surface area contributed by atoms with Gasteiger partial charge in [-0.1, -0.05) is 17.7 Å². The van der Waals surface area contributed by atoms with Crippen molar-refractivity contribution < 1.29 is 9.53 Å². The molecule has 19 heavy (non-hydrogen) atoms. The van der Waals surface area contributed by atoms with Crippen molar-refractivity contribution >= 4 is 12.0 Å². The lowest BCUT2D eigenvalue weighted by Crippen LogP contribution is -2.42. The Morgan fingerprint density at radius 3 is 3.11 bits per heavy atom. The van der Waals surface area contributed by atoms with Crippen LogP contribution in [-0.4, -0.2) is 32.6 Å². The largest absolute Gasteiger partial charge is 0.380 e. The van der Waals surface area contributed by atoms with Gasteiger partial charge in [-0.2, -0.15) is 0 Å². The molecule has 0 bridgehead atoms. The van der Waals surface area contributed by atoms with E-state index >= 15 is 0 Å². The first kappa shape index (κ1) is 12.7. The van der Waals surface area contributed by atoms with Crippen LogP contribution in [0.2, 0.25) is 0 Å². The predicted octanol–water partition coefficient (Wildman–Crippen LogP) is 2.35. The maximum atomic E-state index is 11.5. The number of rotatable bonds is 3. The summed E-state index contributed by atoms with van der Waals surface area (Å²) in [6.45, 7) is 5.27. The summed E-state index contributed by atoms with van der Waals surface area (Å²) in [5.41, 5.74) is 3.76. The van der Waals surface area contributed by atoms with Crippen molar-refractivity contribution in [2.24, 2.45) is 5.41 Å². The van der Waals surface area contributed by atoms with Crippen molar-refractivity contribution in [3.8, 4) is 0 Å². The monoisotopic (exact) mass is 259 g/mol. The third kappa shape index (κ3) is 2.39. The van der Waals surface area contributed by atoms with E-state index in [9.17, 15) is 4.79 Å². The van der Waals surface area contributed by atoms with Gasteiger partial charge in [0.25, 0.3) is 0 Å². The highest BCUT2D eigenvalue weighted by Gasteiger charge is 2.37. The Bertz CT molecular complexity index is 478. The second-order valence-electron chi connectivity index (χ2n) is 5.94. The number of aryl methyl sites for hydroxylation is 2. The summed E-state index contributed by atoms with van der Waals surface area (Å²) in [6.07, 6.45) is 4.29. The van der Waals surface area contributed by atoms with E-state index in [1.165, 1.54) is 23.2 Å². The summed E-state index contributed by atoms with van der Waals surface area (Å²) in [6, 6.07) is 6.65. The first-order valence-electron chi connectivity index (χ1n) is 7.11. The summed E-state index contributed by atoms with van der Waals surface area (Å²) in [4.78, 5) is 13.8. The molecule has 1 unspecified atom stereocenters. The van der Waals surface area contributed by atoms with Crippen molar-refractivity contribution in [1.82, 2.24) is 0 Å². The van der Waals surface area contributed by atoms with Crippen LogP contribution in [0.4, 0.5) is 5.69 Å². The van der Waals surface area contributed by atoms with E-state index in [2.05, 4.69) is 30.0 Å². The number of fused-ring (bicyclic) bond motifs is 1. The van der Waals surface area contributed by atoms with Crippen LogP contribution in [0.1, 0.15) is 24.0 Å². The molecule has 2 aliphatic rings.